The topological polar surface area (TPSA) is 9.23 Å². The number of ether oxygens (including phenoxy) is 1. The zero-order valence-electron chi connectivity index (χ0n) is 17.1. The lowest BCUT2D eigenvalue weighted by atomic mass is 9.63. The number of halogens is 1. The Morgan fingerprint density at radius 3 is 2.71 bits per heavy atom. The van der Waals surface area contributed by atoms with E-state index in [9.17, 15) is 4.39 Å². The Morgan fingerprint density at radius 1 is 1.07 bits per heavy atom. The fourth-order valence-corrected chi connectivity index (χ4v) is 5.76. The second-order valence-corrected chi connectivity index (χ2v) is 8.98. The highest BCUT2D eigenvalue weighted by Gasteiger charge is 2.35. The Kier molecular flexibility index (Phi) is 6.04. The van der Waals surface area contributed by atoms with Crippen molar-refractivity contribution < 1.29 is 9.13 Å². The average Bonchev–Trinajstić information content (AvgIpc) is 2.72. The van der Waals surface area contributed by atoms with E-state index in [4.69, 9.17) is 4.74 Å². The van der Waals surface area contributed by atoms with Crippen LogP contribution in [0.3, 0.4) is 0 Å². The predicted molar refractivity (Wildman–Crippen MR) is 115 cm³/mol. The molecule has 0 heterocycles. The van der Waals surface area contributed by atoms with Crippen LogP contribution in [0.2, 0.25) is 0 Å². The standard InChI is InChI=1S/C26H33FO/c1-3-5-18-6-7-20-14-21(9-8-19(20)13-18)22-10-11-23-15-24(28-12-4-2)17-26(27)25(23)16-22/h4,10-11,15-21H,2-3,5-9,12-14H2,1H3/t18?,19-,20?,21-/m1/s1. The van der Waals surface area contributed by atoms with E-state index in [0.29, 0.717) is 18.3 Å². The molecule has 0 amide bonds. The van der Waals surface area contributed by atoms with Crippen molar-refractivity contribution in [3.8, 4) is 5.75 Å². The van der Waals surface area contributed by atoms with E-state index in [1.807, 2.05) is 6.07 Å². The molecule has 2 aromatic carbocycles. The van der Waals surface area contributed by atoms with Crippen LogP contribution in [0, 0.1) is 23.6 Å². The molecule has 0 spiro atoms. The maximum absolute atomic E-state index is 14.7. The van der Waals surface area contributed by atoms with Crippen LogP contribution < -0.4 is 4.74 Å². The minimum absolute atomic E-state index is 0.188. The molecule has 0 N–H and O–H groups in total. The third-order valence-corrected chi connectivity index (χ3v) is 7.16. The molecule has 4 atom stereocenters. The molecular formula is C26H33FO. The lowest BCUT2D eigenvalue weighted by molar-refractivity contribution is 0.114. The van der Waals surface area contributed by atoms with Crippen molar-refractivity contribution >= 4 is 10.8 Å². The molecule has 28 heavy (non-hydrogen) atoms. The summed E-state index contributed by atoms with van der Waals surface area (Å²) < 4.78 is 20.2. The van der Waals surface area contributed by atoms with Gasteiger partial charge in [-0.15, -0.1) is 0 Å². The molecule has 4 rings (SSSR count). The third kappa shape index (κ3) is 4.11. The Morgan fingerprint density at radius 2 is 1.89 bits per heavy atom. The van der Waals surface area contributed by atoms with Gasteiger partial charge in [-0.3, -0.25) is 0 Å². The summed E-state index contributed by atoms with van der Waals surface area (Å²) in [5, 5.41) is 1.63. The molecule has 2 aliphatic carbocycles. The van der Waals surface area contributed by atoms with Crippen LogP contribution in [0.5, 0.6) is 5.75 Å². The monoisotopic (exact) mass is 380 g/mol. The molecule has 2 saturated carbocycles. The predicted octanol–water partition coefficient (Wildman–Crippen LogP) is 7.64. The van der Waals surface area contributed by atoms with E-state index in [2.05, 4.69) is 31.7 Å². The minimum Gasteiger partial charge on any atom is -0.489 e. The van der Waals surface area contributed by atoms with Gasteiger partial charge in [0.15, 0.2) is 0 Å². The summed E-state index contributed by atoms with van der Waals surface area (Å²) in [6.07, 6.45) is 12.6. The SMILES string of the molecule is C=CCOc1cc(F)c2cc([C@@H]3CC[C@@H]4CC(CCC)CCC4C3)ccc2c1. The fraction of sp³-hybridized carbons (Fsp3) is 0.538. The number of benzene rings is 2. The molecule has 2 heteroatoms. The van der Waals surface area contributed by atoms with E-state index < -0.39 is 0 Å². The van der Waals surface area contributed by atoms with Gasteiger partial charge in [-0.25, -0.2) is 4.39 Å². The van der Waals surface area contributed by atoms with Crippen molar-refractivity contribution in [3.63, 3.8) is 0 Å². The van der Waals surface area contributed by atoms with Crippen molar-refractivity contribution in [2.45, 2.75) is 64.2 Å². The van der Waals surface area contributed by atoms with Gasteiger partial charge in [-0.05, 0) is 78.9 Å². The van der Waals surface area contributed by atoms with Gasteiger partial charge in [0.05, 0.1) is 0 Å². The highest BCUT2D eigenvalue weighted by atomic mass is 19.1. The average molecular weight is 381 g/mol. The van der Waals surface area contributed by atoms with Gasteiger partial charge in [0.1, 0.15) is 18.2 Å². The van der Waals surface area contributed by atoms with Gasteiger partial charge in [0.25, 0.3) is 0 Å². The van der Waals surface area contributed by atoms with Gasteiger partial charge < -0.3 is 4.74 Å². The summed E-state index contributed by atoms with van der Waals surface area (Å²) >= 11 is 0. The number of rotatable bonds is 6. The number of fused-ring (bicyclic) bond motifs is 2. The van der Waals surface area contributed by atoms with Crippen LogP contribution in [0.25, 0.3) is 10.8 Å². The van der Waals surface area contributed by atoms with Crippen molar-refractivity contribution in [3.05, 3.63) is 54.4 Å². The molecule has 0 aliphatic heterocycles. The Bertz CT molecular complexity index is 827. The minimum atomic E-state index is -0.188. The van der Waals surface area contributed by atoms with Crippen LogP contribution in [0.4, 0.5) is 4.39 Å². The molecule has 2 unspecified atom stereocenters. The van der Waals surface area contributed by atoms with E-state index in [1.54, 1.807) is 6.08 Å². The Balaban J connectivity index is 1.49. The summed E-state index contributed by atoms with van der Waals surface area (Å²) in [4.78, 5) is 0. The molecule has 150 valence electrons. The van der Waals surface area contributed by atoms with Crippen LogP contribution in [0.15, 0.2) is 43.0 Å². The first-order valence-corrected chi connectivity index (χ1v) is 11.1. The van der Waals surface area contributed by atoms with Gasteiger partial charge in [0.2, 0.25) is 0 Å². The zero-order valence-corrected chi connectivity index (χ0v) is 17.1. The normalized spacial score (nSPS) is 27.4. The lowest BCUT2D eigenvalue weighted by Gasteiger charge is -2.42. The third-order valence-electron chi connectivity index (χ3n) is 7.16. The molecule has 2 aromatic rings. The molecule has 0 aromatic heterocycles. The largest absolute Gasteiger partial charge is 0.489 e. The highest BCUT2D eigenvalue weighted by molar-refractivity contribution is 5.85. The van der Waals surface area contributed by atoms with Gasteiger partial charge in [-0.1, -0.05) is 51.0 Å². The van der Waals surface area contributed by atoms with Crippen LogP contribution in [-0.2, 0) is 0 Å². The first-order valence-electron chi connectivity index (χ1n) is 11.1. The fourth-order valence-electron chi connectivity index (χ4n) is 5.76. The molecule has 1 nitrogen and oxygen atoms in total. The summed E-state index contributed by atoms with van der Waals surface area (Å²) in [6.45, 7) is 6.36. The summed E-state index contributed by atoms with van der Waals surface area (Å²) in [5.41, 5.74) is 1.32. The van der Waals surface area contributed by atoms with Crippen LogP contribution in [0.1, 0.15) is 69.8 Å². The Labute approximate surface area is 169 Å². The first kappa shape index (κ1) is 19.5. The van der Waals surface area contributed by atoms with Crippen molar-refractivity contribution in [1.29, 1.82) is 0 Å². The zero-order chi connectivity index (χ0) is 19.5. The molecule has 0 radical (unpaired) electrons. The molecule has 0 saturated heterocycles. The van der Waals surface area contributed by atoms with E-state index in [1.165, 1.54) is 63.0 Å². The maximum atomic E-state index is 14.7. The molecule has 0 bridgehead atoms. The van der Waals surface area contributed by atoms with Crippen LogP contribution >= 0.6 is 0 Å². The summed E-state index contributed by atoms with van der Waals surface area (Å²) in [7, 11) is 0. The first-order chi connectivity index (χ1) is 13.7. The molecule has 2 fully saturated rings. The molecular weight excluding hydrogens is 347 g/mol. The Hall–Kier alpha value is -1.83. The summed E-state index contributed by atoms with van der Waals surface area (Å²) in [5.74, 6) is 3.75. The quantitative estimate of drug-likeness (QED) is 0.468. The van der Waals surface area contributed by atoms with Crippen molar-refractivity contribution in [2.75, 3.05) is 6.61 Å². The van der Waals surface area contributed by atoms with Crippen molar-refractivity contribution in [1.82, 2.24) is 0 Å². The second-order valence-electron chi connectivity index (χ2n) is 8.98. The molecule has 2 aliphatic rings. The van der Waals surface area contributed by atoms with Crippen molar-refractivity contribution in [2.24, 2.45) is 17.8 Å². The van der Waals surface area contributed by atoms with E-state index in [0.717, 1.165) is 28.5 Å². The van der Waals surface area contributed by atoms with E-state index >= 15 is 0 Å². The van der Waals surface area contributed by atoms with E-state index in [-0.39, 0.29) is 5.82 Å². The van der Waals surface area contributed by atoms with Gasteiger partial charge in [0, 0.05) is 11.5 Å². The van der Waals surface area contributed by atoms with Gasteiger partial charge in [-0.2, -0.15) is 0 Å². The van der Waals surface area contributed by atoms with Gasteiger partial charge >= 0.3 is 0 Å². The smallest absolute Gasteiger partial charge is 0.134 e. The highest BCUT2D eigenvalue weighted by Crippen LogP contribution is 2.48. The van der Waals surface area contributed by atoms with Crippen LogP contribution in [-0.4, -0.2) is 6.61 Å². The summed E-state index contributed by atoms with van der Waals surface area (Å²) in [6, 6.07) is 9.81. The number of hydrogen-bond donors (Lipinski definition) is 0. The number of hydrogen-bond acceptors (Lipinski definition) is 1. The second kappa shape index (κ2) is 8.68. The lowest BCUT2D eigenvalue weighted by Crippen LogP contribution is -2.30. The maximum Gasteiger partial charge on any atom is 0.134 e.